The Bertz CT molecular complexity index is 305. The van der Waals surface area contributed by atoms with Crippen molar-refractivity contribution in [3.05, 3.63) is 0 Å². The molecule has 0 aromatic rings. The molecule has 76 valence electrons. The van der Waals surface area contributed by atoms with E-state index >= 15 is 0 Å². The van der Waals surface area contributed by atoms with E-state index in [2.05, 4.69) is 0 Å². The quantitative estimate of drug-likeness (QED) is 0.592. The molecular formula is C12H16O2. The van der Waals surface area contributed by atoms with Gasteiger partial charge in [-0.2, -0.15) is 0 Å². The van der Waals surface area contributed by atoms with Crippen LogP contribution in [0.3, 0.4) is 0 Å². The SMILES string of the molecule is CC(=O)O[C@@H]1[C@H]2C[C@@H]3[C@@H]4CC[C@H]2[C@H]4[C@H]31. The van der Waals surface area contributed by atoms with E-state index in [1.54, 1.807) is 6.92 Å². The number of carbonyl (C=O) groups excluding carboxylic acids is 1. The Morgan fingerprint density at radius 1 is 1.07 bits per heavy atom. The van der Waals surface area contributed by atoms with Crippen LogP contribution in [0.5, 0.6) is 0 Å². The van der Waals surface area contributed by atoms with Crippen LogP contribution in [0.15, 0.2) is 0 Å². The predicted molar refractivity (Wildman–Crippen MR) is 50.3 cm³/mol. The van der Waals surface area contributed by atoms with Crippen molar-refractivity contribution >= 4 is 5.97 Å². The first kappa shape index (κ1) is 7.72. The number of ether oxygens (including phenoxy) is 1. The van der Waals surface area contributed by atoms with Crippen LogP contribution in [0.4, 0.5) is 0 Å². The second-order valence-electron chi connectivity index (χ2n) is 5.70. The van der Waals surface area contributed by atoms with E-state index < -0.39 is 0 Å². The minimum absolute atomic E-state index is 0.0657. The predicted octanol–water partition coefficient (Wildman–Crippen LogP) is 1.84. The molecule has 4 rings (SSSR count). The van der Waals surface area contributed by atoms with Crippen LogP contribution in [-0.4, -0.2) is 12.1 Å². The molecule has 0 radical (unpaired) electrons. The summed E-state index contributed by atoms with van der Waals surface area (Å²) in [5.74, 6) is 5.32. The molecule has 4 saturated carbocycles. The second-order valence-corrected chi connectivity index (χ2v) is 5.70. The maximum atomic E-state index is 11.0. The minimum Gasteiger partial charge on any atom is -0.462 e. The highest BCUT2D eigenvalue weighted by Gasteiger charge is 2.73. The van der Waals surface area contributed by atoms with Crippen molar-refractivity contribution < 1.29 is 9.53 Å². The average Bonchev–Trinajstić information content (AvgIpc) is 2.60. The molecule has 0 aliphatic heterocycles. The van der Waals surface area contributed by atoms with Gasteiger partial charge in [0.15, 0.2) is 0 Å². The lowest BCUT2D eigenvalue weighted by Crippen LogP contribution is -2.45. The van der Waals surface area contributed by atoms with Crippen molar-refractivity contribution in [3.63, 3.8) is 0 Å². The summed E-state index contributed by atoms with van der Waals surface area (Å²) in [6.07, 6.45) is 4.59. The van der Waals surface area contributed by atoms with E-state index in [1.807, 2.05) is 0 Å². The van der Waals surface area contributed by atoms with E-state index in [1.165, 1.54) is 19.3 Å². The first-order valence-corrected chi connectivity index (χ1v) is 5.94. The zero-order valence-electron chi connectivity index (χ0n) is 8.48. The Morgan fingerprint density at radius 2 is 1.79 bits per heavy atom. The Labute approximate surface area is 84.0 Å². The highest BCUT2D eigenvalue weighted by Crippen LogP contribution is 2.75. The van der Waals surface area contributed by atoms with Gasteiger partial charge in [-0.25, -0.2) is 0 Å². The molecule has 4 aliphatic rings. The van der Waals surface area contributed by atoms with Crippen LogP contribution in [0.1, 0.15) is 26.2 Å². The van der Waals surface area contributed by atoms with Crippen LogP contribution >= 0.6 is 0 Å². The minimum atomic E-state index is -0.0657. The lowest BCUT2D eigenvalue weighted by atomic mass is 9.56. The Balaban J connectivity index is 1.66. The van der Waals surface area contributed by atoms with Gasteiger partial charge in [-0.1, -0.05) is 0 Å². The zero-order valence-corrected chi connectivity index (χ0v) is 8.48. The molecule has 2 nitrogen and oxygen atoms in total. The fourth-order valence-corrected chi connectivity index (χ4v) is 5.39. The van der Waals surface area contributed by atoms with Crippen LogP contribution in [0.2, 0.25) is 0 Å². The first-order chi connectivity index (χ1) is 6.77. The molecule has 14 heavy (non-hydrogen) atoms. The Kier molecular flexibility index (Phi) is 1.20. The van der Waals surface area contributed by atoms with Crippen molar-refractivity contribution in [1.82, 2.24) is 0 Å². The highest BCUT2D eigenvalue weighted by molar-refractivity contribution is 5.66. The summed E-state index contributed by atoms with van der Waals surface area (Å²) in [7, 11) is 0. The van der Waals surface area contributed by atoms with Gasteiger partial charge in [-0.15, -0.1) is 0 Å². The number of hydrogen-bond donors (Lipinski definition) is 0. The van der Waals surface area contributed by atoms with Gasteiger partial charge in [-0.05, 0) is 48.9 Å². The van der Waals surface area contributed by atoms with Gasteiger partial charge in [-0.3, -0.25) is 4.79 Å². The van der Waals surface area contributed by atoms with Gasteiger partial charge >= 0.3 is 5.97 Å². The van der Waals surface area contributed by atoms with Crippen LogP contribution in [0, 0.1) is 35.5 Å². The molecule has 2 bridgehead atoms. The molecule has 0 aromatic carbocycles. The fourth-order valence-electron chi connectivity index (χ4n) is 5.39. The van der Waals surface area contributed by atoms with Gasteiger partial charge in [0.2, 0.25) is 0 Å². The molecule has 4 aliphatic carbocycles. The van der Waals surface area contributed by atoms with Gasteiger partial charge in [0, 0.05) is 12.8 Å². The first-order valence-electron chi connectivity index (χ1n) is 5.94. The van der Waals surface area contributed by atoms with Gasteiger partial charge in [0.25, 0.3) is 0 Å². The van der Waals surface area contributed by atoms with Crippen LogP contribution < -0.4 is 0 Å². The summed E-state index contributed by atoms with van der Waals surface area (Å²) in [4.78, 5) is 11.0. The van der Waals surface area contributed by atoms with Crippen molar-refractivity contribution in [3.8, 4) is 0 Å². The molecule has 4 fully saturated rings. The van der Waals surface area contributed by atoms with E-state index in [4.69, 9.17) is 4.74 Å². The molecular weight excluding hydrogens is 176 g/mol. The average molecular weight is 192 g/mol. The molecule has 0 heterocycles. The molecule has 0 saturated heterocycles. The third-order valence-electron chi connectivity index (χ3n) is 5.51. The summed E-state index contributed by atoms with van der Waals surface area (Å²) in [6.45, 7) is 1.56. The normalized spacial score (nSPS) is 61.4. The topological polar surface area (TPSA) is 26.3 Å². The van der Waals surface area contributed by atoms with Crippen LogP contribution in [0.25, 0.3) is 0 Å². The smallest absolute Gasteiger partial charge is 0.302 e. The molecule has 0 spiro atoms. The highest BCUT2D eigenvalue weighted by atomic mass is 16.5. The molecule has 0 amide bonds. The molecule has 2 heteroatoms. The van der Waals surface area contributed by atoms with Crippen molar-refractivity contribution in [2.75, 3.05) is 0 Å². The van der Waals surface area contributed by atoms with Gasteiger partial charge in [0.05, 0.1) is 0 Å². The summed E-state index contributed by atoms with van der Waals surface area (Å²) in [5.41, 5.74) is 0. The summed E-state index contributed by atoms with van der Waals surface area (Å²) in [6, 6.07) is 0. The Morgan fingerprint density at radius 3 is 2.43 bits per heavy atom. The van der Waals surface area contributed by atoms with Crippen LogP contribution in [-0.2, 0) is 9.53 Å². The maximum absolute atomic E-state index is 11.0. The summed E-state index contributed by atoms with van der Waals surface area (Å²) in [5, 5.41) is 0. The van der Waals surface area contributed by atoms with Crippen molar-refractivity contribution in [2.24, 2.45) is 35.5 Å². The number of esters is 1. The lowest BCUT2D eigenvalue weighted by Gasteiger charge is -2.48. The van der Waals surface area contributed by atoms with Crippen molar-refractivity contribution in [1.29, 1.82) is 0 Å². The van der Waals surface area contributed by atoms with E-state index in [-0.39, 0.29) is 5.97 Å². The monoisotopic (exact) mass is 192 g/mol. The molecule has 0 aromatic heterocycles. The number of fused-ring (bicyclic) bond motifs is 3. The van der Waals surface area contributed by atoms with E-state index in [0.717, 1.165) is 35.5 Å². The van der Waals surface area contributed by atoms with Crippen molar-refractivity contribution in [2.45, 2.75) is 32.3 Å². The summed E-state index contributed by atoms with van der Waals surface area (Å²) >= 11 is 0. The van der Waals surface area contributed by atoms with E-state index in [9.17, 15) is 4.79 Å². The Hall–Kier alpha value is -0.530. The molecule has 0 N–H and O–H groups in total. The summed E-state index contributed by atoms with van der Waals surface area (Å²) < 4.78 is 5.51. The molecule has 0 unspecified atom stereocenters. The maximum Gasteiger partial charge on any atom is 0.302 e. The third kappa shape index (κ3) is 0.636. The van der Waals surface area contributed by atoms with E-state index in [0.29, 0.717) is 6.10 Å². The number of rotatable bonds is 1. The number of hydrogen-bond acceptors (Lipinski definition) is 2. The lowest BCUT2D eigenvalue weighted by molar-refractivity contribution is -0.151. The third-order valence-corrected chi connectivity index (χ3v) is 5.51. The number of carbonyl (C=O) groups is 1. The largest absolute Gasteiger partial charge is 0.462 e. The second kappa shape index (κ2) is 2.17. The fraction of sp³-hybridized carbons (Fsp3) is 0.917. The zero-order chi connectivity index (χ0) is 9.45. The standard InChI is InChI=1S/C12H16O2/c1-5(13)14-12-9-4-8-6-2-3-7(9)10(6)11(8)12/h6-12H,2-4H2,1H3/t6-,7+,8+,9-,10-,11-,12+/m0/s1. The van der Waals surface area contributed by atoms with Gasteiger partial charge < -0.3 is 4.74 Å². The van der Waals surface area contributed by atoms with Gasteiger partial charge in [0.1, 0.15) is 6.10 Å². The molecule has 7 atom stereocenters.